The number of aryl methyl sites for hydroxylation is 3. The molecule has 2 rings (SSSR count). The van der Waals surface area contributed by atoms with Crippen LogP contribution in [0.5, 0.6) is 0 Å². The van der Waals surface area contributed by atoms with E-state index in [9.17, 15) is 9.59 Å². The van der Waals surface area contributed by atoms with Gasteiger partial charge in [0.1, 0.15) is 6.54 Å². The first-order valence-corrected chi connectivity index (χ1v) is 8.69. The molecule has 2 aromatic rings. The van der Waals surface area contributed by atoms with Gasteiger partial charge in [-0.1, -0.05) is 0 Å². The number of amides is 1. The van der Waals surface area contributed by atoms with E-state index < -0.39 is 0 Å². The van der Waals surface area contributed by atoms with E-state index in [1.807, 2.05) is 37.5 Å². The fourth-order valence-electron chi connectivity index (χ4n) is 3.04. The summed E-state index contributed by atoms with van der Waals surface area (Å²) in [6.45, 7) is 12.0. The van der Waals surface area contributed by atoms with Crippen LogP contribution in [0.15, 0.2) is 35.1 Å². The van der Waals surface area contributed by atoms with Gasteiger partial charge in [-0.05, 0) is 58.4 Å². The number of hydrogen-bond acceptors (Lipinski definition) is 3. The van der Waals surface area contributed by atoms with E-state index in [4.69, 9.17) is 0 Å². The highest BCUT2D eigenvalue weighted by atomic mass is 16.2. The molecule has 134 valence electrons. The molecule has 0 atom stereocenters. The molecule has 0 saturated heterocycles. The van der Waals surface area contributed by atoms with Gasteiger partial charge in [-0.2, -0.15) is 0 Å². The number of nitrogens with zero attached hydrogens (tertiary/aromatic N) is 2. The van der Waals surface area contributed by atoms with Crippen LogP contribution in [0.4, 0.5) is 11.4 Å². The average molecular weight is 341 g/mol. The first-order valence-electron chi connectivity index (χ1n) is 8.69. The summed E-state index contributed by atoms with van der Waals surface area (Å²) >= 11 is 0. The predicted molar refractivity (Wildman–Crippen MR) is 104 cm³/mol. The van der Waals surface area contributed by atoms with E-state index in [0.717, 1.165) is 41.4 Å². The fourth-order valence-corrected chi connectivity index (χ4v) is 3.04. The number of benzene rings is 1. The molecule has 25 heavy (non-hydrogen) atoms. The lowest BCUT2D eigenvalue weighted by molar-refractivity contribution is -0.116. The summed E-state index contributed by atoms with van der Waals surface area (Å²) in [5, 5.41) is 2.97. The quantitative estimate of drug-likeness (QED) is 0.877. The monoisotopic (exact) mass is 341 g/mol. The molecule has 0 fully saturated rings. The fraction of sp³-hybridized carbons (Fsp3) is 0.400. The number of pyridine rings is 1. The predicted octanol–water partition coefficient (Wildman–Crippen LogP) is 3.26. The summed E-state index contributed by atoms with van der Waals surface area (Å²) in [7, 11) is 0. The van der Waals surface area contributed by atoms with Crippen LogP contribution in [0.1, 0.15) is 30.8 Å². The topological polar surface area (TPSA) is 54.3 Å². The highest BCUT2D eigenvalue weighted by Crippen LogP contribution is 2.22. The number of anilines is 2. The molecule has 0 bridgehead atoms. The minimum Gasteiger partial charge on any atom is -0.372 e. The van der Waals surface area contributed by atoms with Crippen LogP contribution in [0, 0.1) is 20.8 Å². The summed E-state index contributed by atoms with van der Waals surface area (Å²) in [5.74, 6) is -0.103. The lowest BCUT2D eigenvalue weighted by Gasteiger charge is -2.22. The minimum atomic E-state index is -0.103. The maximum absolute atomic E-state index is 12.4. The molecule has 1 aromatic carbocycles. The van der Waals surface area contributed by atoms with Gasteiger partial charge in [-0.25, -0.2) is 0 Å². The molecule has 0 aliphatic heterocycles. The third kappa shape index (κ3) is 4.50. The van der Waals surface area contributed by atoms with Gasteiger partial charge >= 0.3 is 0 Å². The van der Waals surface area contributed by atoms with Crippen molar-refractivity contribution in [1.29, 1.82) is 0 Å². The Hall–Kier alpha value is -2.56. The molecule has 0 radical (unpaired) electrons. The van der Waals surface area contributed by atoms with Crippen molar-refractivity contribution in [3.05, 3.63) is 57.5 Å². The Bertz CT molecular complexity index is 794. The summed E-state index contributed by atoms with van der Waals surface area (Å²) in [5.41, 5.74) is 4.55. The van der Waals surface area contributed by atoms with Gasteiger partial charge in [0.15, 0.2) is 5.43 Å². The molecular weight excluding hydrogens is 314 g/mol. The van der Waals surface area contributed by atoms with Crippen LogP contribution in [-0.2, 0) is 11.3 Å². The van der Waals surface area contributed by atoms with Crippen molar-refractivity contribution in [2.75, 3.05) is 23.3 Å². The van der Waals surface area contributed by atoms with E-state index in [-0.39, 0.29) is 17.9 Å². The first kappa shape index (κ1) is 18.8. The molecule has 0 aliphatic rings. The molecule has 0 spiro atoms. The number of aromatic nitrogens is 1. The Balaban J connectivity index is 2.15. The molecule has 5 nitrogen and oxygen atoms in total. The first-order chi connectivity index (χ1) is 11.8. The van der Waals surface area contributed by atoms with Crippen molar-refractivity contribution in [1.82, 2.24) is 4.57 Å². The Morgan fingerprint density at radius 1 is 1.04 bits per heavy atom. The van der Waals surface area contributed by atoms with Crippen LogP contribution >= 0.6 is 0 Å². The van der Waals surface area contributed by atoms with Crippen molar-refractivity contribution in [2.45, 2.75) is 41.2 Å². The Labute approximate surface area is 149 Å². The second kappa shape index (κ2) is 8.01. The Kier molecular flexibility index (Phi) is 6.02. The highest BCUT2D eigenvalue weighted by Gasteiger charge is 2.10. The average Bonchev–Trinajstić information content (AvgIpc) is 2.54. The van der Waals surface area contributed by atoms with E-state index in [0.29, 0.717) is 0 Å². The zero-order chi connectivity index (χ0) is 18.6. The van der Waals surface area contributed by atoms with Crippen molar-refractivity contribution < 1.29 is 4.79 Å². The van der Waals surface area contributed by atoms with Gasteiger partial charge < -0.3 is 14.8 Å². The second-order valence-corrected chi connectivity index (χ2v) is 6.28. The van der Waals surface area contributed by atoms with E-state index in [1.165, 1.54) is 0 Å². The van der Waals surface area contributed by atoms with Crippen molar-refractivity contribution in [2.24, 2.45) is 0 Å². The summed E-state index contributed by atoms with van der Waals surface area (Å²) in [4.78, 5) is 26.2. The lowest BCUT2D eigenvalue weighted by atomic mass is 10.1. The SMILES string of the molecule is CCN(CC)c1ccc(NC(=O)Cn2c(C)cc(=O)cc2C)c(C)c1. The number of nitrogens with one attached hydrogen (secondary N) is 1. The molecule has 0 aliphatic carbocycles. The molecule has 1 heterocycles. The molecule has 0 saturated carbocycles. The van der Waals surface area contributed by atoms with Crippen molar-refractivity contribution in [3.8, 4) is 0 Å². The van der Waals surface area contributed by atoms with Gasteiger partial charge in [0, 0.05) is 48.0 Å². The van der Waals surface area contributed by atoms with Gasteiger partial charge in [-0.3, -0.25) is 9.59 Å². The van der Waals surface area contributed by atoms with Crippen molar-refractivity contribution >= 4 is 17.3 Å². The van der Waals surface area contributed by atoms with Gasteiger partial charge in [0.2, 0.25) is 5.91 Å². The Morgan fingerprint density at radius 2 is 1.64 bits per heavy atom. The smallest absolute Gasteiger partial charge is 0.244 e. The summed E-state index contributed by atoms with van der Waals surface area (Å²) < 4.78 is 1.84. The summed E-state index contributed by atoms with van der Waals surface area (Å²) in [6, 6.07) is 9.17. The minimum absolute atomic E-state index is 0.0329. The standard InChI is InChI=1S/C20H27N3O2/c1-6-22(7-2)17-8-9-19(14(3)10-17)21-20(25)13-23-15(4)11-18(24)12-16(23)5/h8-12H,6-7,13H2,1-5H3,(H,21,25). The molecule has 1 N–H and O–H groups in total. The lowest BCUT2D eigenvalue weighted by Crippen LogP contribution is -2.24. The van der Waals surface area contributed by atoms with Crippen LogP contribution in [0.2, 0.25) is 0 Å². The van der Waals surface area contributed by atoms with Gasteiger partial charge in [0.05, 0.1) is 0 Å². The molecule has 1 amide bonds. The normalized spacial score (nSPS) is 10.6. The Morgan fingerprint density at radius 3 is 2.16 bits per heavy atom. The molecular formula is C20H27N3O2. The van der Waals surface area contributed by atoms with Gasteiger partial charge in [-0.15, -0.1) is 0 Å². The zero-order valence-electron chi connectivity index (χ0n) is 15.7. The second-order valence-electron chi connectivity index (χ2n) is 6.28. The molecule has 1 aromatic heterocycles. The van der Waals surface area contributed by atoms with E-state index >= 15 is 0 Å². The number of carbonyl (C=O) groups is 1. The number of rotatable bonds is 6. The third-order valence-corrected chi connectivity index (χ3v) is 4.47. The van der Waals surface area contributed by atoms with E-state index in [1.54, 1.807) is 12.1 Å². The van der Waals surface area contributed by atoms with Gasteiger partial charge in [0.25, 0.3) is 0 Å². The van der Waals surface area contributed by atoms with E-state index in [2.05, 4.69) is 30.1 Å². The van der Waals surface area contributed by atoms with Crippen molar-refractivity contribution in [3.63, 3.8) is 0 Å². The van der Waals surface area contributed by atoms with Crippen LogP contribution in [-0.4, -0.2) is 23.6 Å². The largest absolute Gasteiger partial charge is 0.372 e. The molecule has 5 heteroatoms. The maximum Gasteiger partial charge on any atom is 0.244 e. The zero-order valence-corrected chi connectivity index (χ0v) is 15.7. The molecule has 0 unspecified atom stereocenters. The maximum atomic E-state index is 12.4. The van der Waals surface area contributed by atoms with Crippen LogP contribution in [0.3, 0.4) is 0 Å². The highest BCUT2D eigenvalue weighted by molar-refractivity contribution is 5.91. The van der Waals surface area contributed by atoms with Crippen LogP contribution < -0.4 is 15.6 Å². The van der Waals surface area contributed by atoms with Crippen LogP contribution in [0.25, 0.3) is 0 Å². The summed E-state index contributed by atoms with van der Waals surface area (Å²) in [6.07, 6.45) is 0. The third-order valence-electron chi connectivity index (χ3n) is 4.47. The number of hydrogen-bond donors (Lipinski definition) is 1. The number of carbonyl (C=O) groups excluding carboxylic acids is 1.